The number of ether oxygens (including phenoxy) is 1. The van der Waals surface area contributed by atoms with Crippen molar-refractivity contribution in [2.75, 3.05) is 12.4 Å². The van der Waals surface area contributed by atoms with Gasteiger partial charge in [0.05, 0.1) is 22.9 Å². The molecular weight excluding hydrogens is 320 g/mol. The van der Waals surface area contributed by atoms with E-state index < -0.39 is 0 Å². The largest absolute Gasteiger partial charge is 0.497 e. The van der Waals surface area contributed by atoms with Crippen LogP contribution in [0.5, 0.6) is 5.75 Å². The summed E-state index contributed by atoms with van der Waals surface area (Å²) in [6.45, 7) is 1.87. The Balaban J connectivity index is 1.68. The Bertz CT molecular complexity index is 867. The van der Waals surface area contributed by atoms with Crippen LogP contribution < -0.4 is 10.1 Å². The van der Waals surface area contributed by atoms with Gasteiger partial charge in [-0.15, -0.1) is 0 Å². The van der Waals surface area contributed by atoms with Crippen LogP contribution in [-0.2, 0) is 4.79 Å². The third-order valence-electron chi connectivity index (χ3n) is 3.58. The lowest BCUT2D eigenvalue weighted by Gasteiger charge is -2.12. The molecule has 0 aliphatic rings. The number of hydrogen-bond donors (Lipinski definition) is 1. The fourth-order valence-corrected chi connectivity index (χ4v) is 3.12. The van der Waals surface area contributed by atoms with Gasteiger partial charge in [0.2, 0.25) is 5.91 Å². The zero-order chi connectivity index (χ0) is 16.9. The second kappa shape index (κ2) is 7.36. The fourth-order valence-electron chi connectivity index (χ4n) is 2.29. The molecule has 0 radical (unpaired) electrons. The first-order valence-electron chi connectivity index (χ1n) is 7.63. The number of carbonyl (C=O) groups excluding carboxylic acids is 1. The summed E-state index contributed by atoms with van der Waals surface area (Å²) < 4.78 is 5.17. The second-order valence-corrected chi connectivity index (χ2v) is 6.68. The molecule has 1 unspecified atom stereocenters. The smallest absolute Gasteiger partial charge is 0.237 e. The Hall–Kier alpha value is -2.53. The van der Waals surface area contributed by atoms with Gasteiger partial charge in [-0.3, -0.25) is 4.79 Å². The van der Waals surface area contributed by atoms with Gasteiger partial charge in [0.1, 0.15) is 5.75 Å². The highest BCUT2D eigenvalue weighted by Gasteiger charge is 2.15. The number of nitrogens with one attached hydrogen (secondary N) is 1. The monoisotopic (exact) mass is 338 g/mol. The van der Waals surface area contributed by atoms with Gasteiger partial charge in [-0.05, 0) is 31.2 Å². The minimum atomic E-state index is -0.259. The first-order valence-corrected chi connectivity index (χ1v) is 8.51. The van der Waals surface area contributed by atoms with Crippen LogP contribution in [-0.4, -0.2) is 23.3 Å². The molecule has 0 aliphatic carbocycles. The van der Waals surface area contributed by atoms with Crippen LogP contribution in [0.2, 0.25) is 0 Å². The topological polar surface area (TPSA) is 51.2 Å². The summed E-state index contributed by atoms with van der Waals surface area (Å²) >= 11 is 1.44. The van der Waals surface area contributed by atoms with Crippen LogP contribution in [0.3, 0.4) is 0 Å². The number of para-hydroxylation sites is 1. The molecule has 1 amide bonds. The Morgan fingerprint density at radius 1 is 1.12 bits per heavy atom. The van der Waals surface area contributed by atoms with Crippen LogP contribution >= 0.6 is 11.8 Å². The van der Waals surface area contributed by atoms with E-state index in [1.807, 2.05) is 61.5 Å². The first kappa shape index (κ1) is 16.3. The Labute approximate surface area is 145 Å². The average Bonchev–Trinajstić information content (AvgIpc) is 2.61. The maximum Gasteiger partial charge on any atom is 0.237 e. The van der Waals surface area contributed by atoms with Gasteiger partial charge >= 0.3 is 0 Å². The molecular formula is C19H18N2O2S. The number of pyridine rings is 1. The van der Waals surface area contributed by atoms with Gasteiger partial charge in [0, 0.05) is 17.1 Å². The number of thioether (sulfide) groups is 1. The molecule has 24 heavy (non-hydrogen) atoms. The van der Waals surface area contributed by atoms with E-state index in [2.05, 4.69) is 10.3 Å². The Morgan fingerprint density at radius 3 is 2.79 bits per heavy atom. The molecule has 0 fully saturated rings. The van der Waals surface area contributed by atoms with Crippen molar-refractivity contribution in [2.24, 2.45) is 0 Å². The number of fused-ring (bicyclic) bond motifs is 1. The van der Waals surface area contributed by atoms with Crippen molar-refractivity contribution in [1.82, 2.24) is 4.98 Å². The number of hydrogen-bond acceptors (Lipinski definition) is 4. The highest BCUT2D eigenvalue weighted by molar-refractivity contribution is 8.00. The molecule has 1 aromatic heterocycles. The molecule has 1 heterocycles. The molecule has 2 aromatic carbocycles. The average molecular weight is 338 g/mol. The third-order valence-corrected chi connectivity index (χ3v) is 4.61. The van der Waals surface area contributed by atoms with Crippen molar-refractivity contribution in [1.29, 1.82) is 0 Å². The molecule has 0 aliphatic heterocycles. The molecule has 0 spiro atoms. The van der Waals surface area contributed by atoms with Gasteiger partial charge in [0.25, 0.3) is 0 Å². The van der Waals surface area contributed by atoms with E-state index in [9.17, 15) is 4.79 Å². The van der Waals surface area contributed by atoms with Crippen molar-refractivity contribution in [3.8, 4) is 5.75 Å². The van der Waals surface area contributed by atoms with Crippen LogP contribution in [0, 0.1) is 0 Å². The van der Waals surface area contributed by atoms with Crippen molar-refractivity contribution < 1.29 is 9.53 Å². The molecule has 3 aromatic rings. The van der Waals surface area contributed by atoms with E-state index in [0.717, 1.165) is 21.6 Å². The summed E-state index contributed by atoms with van der Waals surface area (Å²) in [7, 11) is 1.60. The van der Waals surface area contributed by atoms with Gasteiger partial charge in [0.15, 0.2) is 0 Å². The van der Waals surface area contributed by atoms with Crippen LogP contribution in [0.4, 0.5) is 5.69 Å². The number of carbonyl (C=O) groups is 1. The number of nitrogens with zero attached hydrogens (tertiary/aromatic N) is 1. The molecule has 0 bridgehead atoms. The second-order valence-electron chi connectivity index (χ2n) is 5.32. The Kier molecular flexibility index (Phi) is 5.01. The maximum atomic E-state index is 12.4. The molecule has 1 atom stereocenters. The van der Waals surface area contributed by atoms with Crippen molar-refractivity contribution in [2.45, 2.75) is 17.2 Å². The van der Waals surface area contributed by atoms with Gasteiger partial charge in [-0.25, -0.2) is 4.98 Å². The number of aromatic nitrogens is 1. The predicted molar refractivity (Wildman–Crippen MR) is 98.7 cm³/mol. The summed E-state index contributed by atoms with van der Waals surface area (Å²) in [5, 5.41) is 4.57. The number of benzene rings is 2. The Morgan fingerprint density at radius 2 is 1.96 bits per heavy atom. The van der Waals surface area contributed by atoms with E-state index in [-0.39, 0.29) is 11.2 Å². The number of methoxy groups -OCH3 is 1. The number of amides is 1. The van der Waals surface area contributed by atoms with Crippen LogP contribution in [0.15, 0.2) is 65.7 Å². The van der Waals surface area contributed by atoms with E-state index in [1.165, 1.54) is 11.8 Å². The number of anilines is 1. The minimum Gasteiger partial charge on any atom is -0.497 e. The lowest BCUT2D eigenvalue weighted by atomic mass is 10.2. The number of rotatable bonds is 5. The fraction of sp³-hybridized carbons (Fsp3) is 0.158. The first-order chi connectivity index (χ1) is 11.7. The lowest BCUT2D eigenvalue weighted by molar-refractivity contribution is -0.115. The summed E-state index contributed by atoms with van der Waals surface area (Å²) in [6.07, 6.45) is 0. The van der Waals surface area contributed by atoms with E-state index in [0.29, 0.717) is 5.75 Å². The van der Waals surface area contributed by atoms with Crippen molar-refractivity contribution in [3.05, 3.63) is 60.7 Å². The van der Waals surface area contributed by atoms with Crippen LogP contribution in [0.1, 0.15) is 6.92 Å². The normalized spacial score (nSPS) is 11.9. The zero-order valence-electron chi connectivity index (χ0n) is 13.5. The van der Waals surface area contributed by atoms with E-state index >= 15 is 0 Å². The van der Waals surface area contributed by atoms with Gasteiger partial charge < -0.3 is 10.1 Å². The van der Waals surface area contributed by atoms with Crippen LogP contribution in [0.25, 0.3) is 10.9 Å². The van der Waals surface area contributed by atoms with E-state index in [1.54, 1.807) is 13.2 Å². The third kappa shape index (κ3) is 3.86. The SMILES string of the molecule is COc1cccc(NC(=O)C(C)Sc2ccc3ccccc3n2)c1. The lowest BCUT2D eigenvalue weighted by Crippen LogP contribution is -2.22. The summed E-state index contributed by atoms with van der Waals surface area (Å²) in [6, 6.07) is 19.2. The molecule has 122 valence electrons. The highest BCUT2D eigenvalue weighted by atomic mass is 32.2. The zero-order valence-corrected chi connectivity index (χ0v) is 14.3. The molecule has 0 saturated carbocycles. The summed E-state index contributed by atoms with van der Waals surface area (Å²) in [5.41, 5.74) is 1.65. The van der Waals surface area contributed by atoms with Crippen molar-refractivity contribution in [3.63, 3.8) is 0 Å². The minimum absolute atomic E-state index is 0.0665. The standard InChI is InChI=1S/C19H18N2O2S/c1-13(19(22)20-15-7-5-8-16(12-15)23-2)24-18-11-10-14-6-3-4-9-17(14)21-18/h3-13H,1-2H3,(H,20,22). The van der Waals surface area contributed by atoms with E-state index in [4.69, 9.17) is 4.74 Å². The summed E-state index contributed by atoms with van der Waals surface area (Å²) in [5.74, 6) is 0.646. The summed E-state index contributed by atoms with van der Waals surface area (Å²) in [4.78, 5) is 17.0. The molecule has 1 N–H and O–H groups in total. The van der Waals surface area contributed by atoms with Gasteiger partial charge in [-0.2, -0.15) is 0 Å². The maximum absolute atomic E-state index is 12.4. The molecule has 3 rings (SSSR count). The highest BCUT2D eigenvalue weighted by Crippen LogP contribution is 2.25. The van der Waals surface area contributed by atoms with Gasteiger partial charge in [-0.1, -0.05) is 42.1 Å². The molecule has 4 nitrogen and oxygen atoms in total. The molecule has 5 heteroatoms. The molecule has 0 saturated heterocycles. The van der Waals surface area contributed by atoms with Crippen molar-refractivity contribution >= 4 is 34.3 Å². The quantitative estimate of drug-likeness (QED) is 0.702. The predicted octanol–water partition coefficient (Wildman–Crippen LogP) is 4.36.